The minimum Gasteiger partial charge on any atom is -0.481 e. The molecule has 1 aliphatic rings. The molecule has 1 aliphatic carbocycles. The molecule has 1 aromatic rings. The number of halogens is 1. The number of carbonyl (C=O) groups excluding carboxylic acids is 1. The van der Waals surface area contributed by atoms with E-state index in [1.54, 1.807) is 0 Å². The number of carboxylic acid groups (broad SMARTS) is 1. The molecule has 0 spiro atoms. The third-order valence-electron chi connectivity index (χ3n) is 3.57. The van der Waals surface area contributed by atoms with E-state index in [0.29, 0.717) is 25.4 Å². The highest BCUT2D eigenvalue weighted by atomic mass is 79.9. The van der Waals surface area contributed by atoms with Gasteiger partial charge in [0.15, 0.2) is 0 Å². The maximum atomic E-state index is 12.3. The van der Waals surface area contributed by atoms with Crippen LogP contribution in [0.1, 0.15) is 31.2 Å². The Balaban J connectivity index is 1.87. The summed E-state index contributed by atoms with van der Waals surface area (Å²) in [5, 5.41) is 11.4. The van der Waals surface area contributed by atoms with E-state index in [-0.39, 0.29) is 12.5 Å². The lowest BCUT2D eigenvalue weighted by molar-refractivity contribution is -0.137. The molecule has 6 heteroatoms. The Morgan fingerprint density at radius 2 is 2.14 bits per heavy atom. The molecule has 0 atom stereocenters. The summed E-state index contributed by atoms with van der Waals surface area (Å²) in [6.07, 6.45) is 2.90. The molecule has 2 N–H and O–H groups in total. The van der Waals surface area contributed by atoms with Gasteiger partial charge < -0.3 is 15.3 Å². The van der Waals surface area contributed by atoms with Crippen LogP contribution in [0.4, 0.5) is 4.79 Å². The SMILES string of the molecule is O=C(O)CCCNC(=O)N(Cc1cccc(Br)c1)CC1CC1. The molecule has 1 saturated carbocycles. The third-order valence-corrected chi connectivity index (χ3v) is 4.06. The molecule has 0 saturated heterocycles. The Labute approximate surface area is 138 Å². The van der Waals surface area contributed by atoms with Crippen LogP contribution in [-0.4, -0.2) is 35.1 Å². The Hall–Kier alpha value is -1.56. The van der Waals surface area contributed by atoms with Crippen molar-refractivity contribution in [3.8, 4) is 0 Å². The zero-order valence-electron chi connectivity index (χ0n) is 12.4. The fourth-order valence-corrected chi connectivity index (χ4v) is 2.68. The summed E-state index contributed by atoms with van der Waals surface area (Å²) in [6.45, 7) is 1.72. The van der Waals surface area contributed by atoms with Crippen molar-refractivity contribution >= 4 is 27.9 Å². The van der Waals surface area contributed by atoms with Crippen LogP contribution >= 0.6 is 15.9 Å². The predicted molar refractivity (Wildman–Crippen MR) is 87.5 cm³/mol. The maximum absolute atomic E-state index is 12.3. The summed E-state index contributed by atoms with van der Waals surface area (Å²) in [7, 11) is 0. The van der Waals surface area contributed by atoms with Crippen LogP contribution in [0.2, 0.25) is 0 Å². The highest BCUT2D eigenvalue weighted by Gasteiger charge is 2.26. The van der Waals surface area contributed by atoms with Gasteiger partial charge in [0.1, 0.15) is 0 Å². The van der Waals surface area contributed by atoms with E-state index in [1.165, 1.54) is 12.8 Å². The largest absolute Gasteiger partial charge is 0.481 e. The Bertz CT molecular complexity index is 532. The van der Waals surface area contributed by atoms with Crippen LogP contribution in [0, 0.1) is 5.92 Å². The molecule has 1 fully saturated rings. The number of nitrogens with zero attached hydrogens (tertiary/aromatic N) is 1. The van der Waals surface area contributed by atoms with Gasteiger partial charge in [-0.2, -0.15) is 0 Å². The minimum absolute atomic E-state index is 0.0779. The van der Waals surface area contributed by atoms with Crippen LogP contribution in [0.3, 0.4) is 0 Å². The molecule has 22 heavy (non-hydrogen) atoms. The second-order valence-corrected chi connectivity index (χ2v) is 6.60. The molecule has 5 nitrogen and oxygen atoms in total. The van der Waals surface area contributed by atoms with Gasteiger partial charge in [0.25, 0.3) is 0 Å². The van der Waals surface area contributed by atoms with Crippen molar-refractivity contribution in [3.63, 3.8) is 0 Å². The van der Waals surface area contributed by atoms with Crippen molar-refractivity contribution in [2.75, 3.05) is 13.1 Å². The highest BCUT2D eigenvalue weighted by Crippen LogP contribution is 2.30. The number of hydrogen-bond acceptors (Lipinski definition) is 2. The van der Waals surface area contributed by atoms with Crippen LogP contribution < -0.4 is 5.32 Å². The lowest BCUT2D eigenvalue weighted by Crippen LogP contribution is -2.41. The summed E-state index contributed by atoms with van der Waals surface area (Å²) in [5.74, 6) is -0.227. The molecule has 0 aromatic heterocycles. The normalized spacial score (nSPS) is 13.7. The number of rotatable bonds is 8. The summed E-state index contributed by atoms with van der Waals surface area (Å²) in [6, 6.07) is 7.82. The van der Waals surface area contributed by atoms with Gasteiger partial charge >= 0.3 is 12.0 Å². The monoisotopic (exact) mass is 368 g/mol. The van der Waals surface area contributed by atoms with Crippen molar-refractivity contribution in [1.82, 2.24) is 10.2 Å². The van der Waals surface area contributed by atoms with Crippen molar-refractivity contribution < 1.29 is 14.7 Å². The second kappa shape index (κ2) is 8.17. The van der Waals surface area contributed by atoms with Crippen LogP contribution in [-0.2, 0) is 11.3 Å². The second-order valence-electron chi connectivity index (χ2n) is 5.68. The van der Waals surface area contributed by atoms with Crippen molar-refractivity contribution in [3.05, 3.63) is 34.3 Å². The molecular weight excluding hydrogens is 348 g/mol. The number of urea groups is 1. The van der Waals surface area contributed by atoms with Gasteiger partial charge in [-0.1, -0.05) is 28.1 Å². The molecule has 0 radical (unpaired) electrons. The van der Waals surface area contributed by atoms with Crippen molar-refractivity contribution in [2.45, 2.75) is 32.2 Å². The van der Waals surface area contributed by atoms with Crippen LogP contribution in [0.5, 0.6) is 0 Å². The molecule has 0 heterocycles. The lowest BCUT2D eigenvalue weighted by Gasteiger charge is -2.23. The molecule has 1 aromatic carbocycles. The first kappa shape index (κ1) is 16.8. The molecular formula is C16H21BrN2O3. The summed E-state index contributed by atoms with van der Waals surface area (Å²) >= 11 is 3.44. The molecule has 0 aliphatic heterocycles. The Morgan fingerprint density at radius 1 is 1.36 bits per heavy atom. The van der Waals surface area contributed by atoms with Crippen molar-refractivity contribution in [1.29, 1.82) is 0 Å². The lowest BCUT2D eigenvalue weighted by atomic mass is 10.2. The van der Waals surface area contributed by atoms with Gasteiger partial charge in [-0.25, -0.2) is 4.79 Å². The summed E-state index contributed by atoms with van der Waals surface area (Å²) < 4.78 is 0.998. The van der Waals surface area contributed by atoms with Crippen molar-refractivity contribution in [2.24, 2.45) is 5.92 Å². The van der Waals surface area contributed by atoms with Gasteiger partial charge in [-0.15, -0.1) is 0 Å². The fourth-order valence-electron chi connectivity index (χ4n) is 2.23. The maximum Gasteiger partial charge on any atom is 0.317 e. The van der Waals surface area contributed by atoms with E-state index in [4.69, 9.17) is 5.11 Å². The van der Waals surface area contributed by atoms with Gasteiger partial charge in [-0.05, 0) is 42.9 Å². The molecule has 0 unspecified atom stereocenters. The number of hydrogen-bond donors (Lipinski definition) is 2. The average Bonchev–Trinajstić information content (AvgIpc) is 3.26. The third kappa shape index (κ3) is 6.05. The first-order valence-electron chi connectivity index (χ1n) is 7.53. The number of benzene rings is 1. The zero-order valence-corrected chi connectivity index (χ0v) is 14.0. The first-order valence-corrected chi connectivity index (χ1v) is 8.33. The Kier molecular flexibility index (Phi) is 6.24. The van der Waals surface area contributed by atoms with Gasteiger partial charge in [0.2, 0.25) is 0 Å². The average molecular weight is 369 g/mol. The van der Waals surface area contributed by atoms with E-state index < -0.39 is 5.97 Å². The van der Waals surface area contributed by atoms with E-state index in [9.17, 15) is 9.59 Å². The topological polar surface area (TPSA) is 69.6 Å². The van der Waals surface area contributed by atoms with Gasteiger partial charge in [-0.3, -0.25) is 4.79 Å². The van der Waals surface area contributed by atoms with Crippen LogP contribution in [0.15, 0.2) is 28.7 Å². The number of nitrogens with one attached hydrogen (secondary N) is 1. The number of amides is 2. The number of aliphatic carboxylic acids is 1. The molecule has 0 bridgehead atoms. The highest BCUT2D eigenvalue weighted by molar-refractivity contribution is 9.10. The van der Waals surface area contributed by atoms with Crippen LogP contribution in [0.25, 0.3) is 0 Å². The summed E-state index contributed by atoms with van der Waals surface area (Å²) in [5.41, 5.74) is 1.08. The number of carboxylic acids is 1. The zero-order chi connectivity index (χ0) is 15.9. The molecule has 2 rings (SSSR count). The molecule has 2 amide bonds. The summed E-state index contributed by atoms with van der Waals surface area (Å²) in [4.78, 5) is 24.6. The standard InChI is InChI=1S/C16H21BrN2O3/c17-14-4-1-3-13(9-14)11-19(10-12-6-7-12)16(22)18-8-2-5-15(20)21/h1,3-4,9,12H,2,5-8,10-11H2,(H,18,22)(H,20,21). The predicted octanol–water partition coefficient (Wildman–Crippen LogP) is 3.24. The molecule has 120 valence electrons. The van der Waals surface area contributed by atoms with E-state index in [1.807, 2.05) is 29.2 Å². The number of carbonyl (C=O) groups is 2. The fraction of sp³-hybridized carbons (Fsp3) is 0.500. The van der Waals surface area contributed by atoms with E-state index >= 15 is 0 Å². The first-order chi connectivity index (χ1) is 10.5. The Morgan fingerprint density at radius 3 is 2.77 bits per heavy atom. The van der Waals surface area contributed by atoms with Gasteiger partial charge in [0.05, 0.1) is 0 Å². The quantitative estimate of drug-likeness (QED) is 0.692. The minimum atomic E-state index is -0.835. The van der Waals surface area contributed by atoms with Gasteiger partial charge in [0, 0.05) is 30.5 Å². The smallest absolute Gasteiger partial charge is 0.317 e. The van der Waals surface area contributed by atoms with E-state index in [2.05, 4.69) is 21.2 Å². The van der Waals surface area contributed by atoms with E-state index in [0.717, 1.165) is 16.6 Å².